The van der Waals surface area contributed by atoms with E-state index in [-0.39, 0.29) is 16.7 Å². The largest absolute Gasteiger partial charge is 0.367 e. The Morgan fingerprint density at radius 3 is 2.29 bits per heavy atom. The summed E-state index contributed by atoms with van der Waals surface area (Å²) >= 11 is 0. The molecule has 0 saturated carbocycles. The molecular formula is C17H22F2N2. The number of halogens is 2. The van der Waals surface area contributed by atoms with Crippen LogP contribution in [0.25, 0.3) is 0 Å². The number of anilines is 1. The second-order valence-electron chi connectivity index (χ2n) is 6.88. The van der Waals surface area contributed by atoms with E-state index in [1.807, 2.05) is 0 Å². The highest BCUT2D eigenvalue weighted by Crippen LogP contribution is 2.36. The van der Waals surface area contributed by atoms with Crippen LogP contribution in [0.4, 0.5) is 14.5 Å². The molecule has 4 heteroatoms. The molecule has 0 amide bonds. The summed E-state index contributed by atoms with van der Waals surface area (Å²) < 4.78 is 28.2. The average Bonchev–Trinajstić information content (AvgIpc) is 2.63. The van der Waals surface area contributed by atoms with Gasteiger partial charge in [0.05, 0.1) is 11.6 Å². The van der Waals surface area contributed by atoms with Crippen molar-refractivity contribution in [2.45, 2.75) is 40.0 Å². The second-order valence-corrected chi connectivity index (χ2v) is 6.88. The van der Waals surface area contributed by atoms with Gasteiger partial charge < -0.3 is 4.90 Å². The third-order valence-corrected chi connectivity index (χ3v) is 4.42. The minimum absolute atomic E-state index is 0.0172. The predicted octanol–water partition coefficient (Wildman–Crippen LogP) is 4.49. The standard InChI is InChI=1S/C17H22F2N2/c1-17(2,3)13-5-4-7-21(8-6-13)16-14(18)9-12(11-20)10-15(16)19/h9-10,13H,4-8H2,1-3H3. The first-order valence-corrected chi connectivity index (χ1v) is 7.47. The number of hydrogen-bond acceptors (Lipinski definition) is 2. The Balaban J connectivity index is 2.22. The van der Waals surface area contributed by atoms with Crippen LogP contribution in [0.1, 0.15) is 45.6 Å². The fourth-order valence-corrected chi connectivity index (χ4v) is 3.12. The van der Waals surface area contributed by atoms with E-state index in [1.54, 1.807) is 11.0 Å². The van der Waals surface area contributed by atoms with Crippen LogP contribution < -0.4 is 4.90 Å². The lowest BCUT2D eigenvalue weighted by molar-refractivity contribution is 0.220. The lowest BCUT2D eigenvalue weighted by Gasteiger charge is -2.30. The van der Waals surface area contributed by atoms with E-state index in [9.17, 15) is 8.78 Å². The first-order valence-electron chi connectivity index (χ1n) is 7.47. The minimum Gasteiger partial charge on any atom is -0.367 e. The molecule has 1 aliphatic rings. The van der Waals surface area contributed by atoms with Gasteiger partial charge in [0.25, 0.3) is 0 Å². The summed E-state index contributed by atoms with van der Waals surface area (Å²) in [5.41, 5.74) is 0.261. The van der Waals surface area contributed by atoms with Crippen molar-refractivity contribution in [3.63, 3.8) is 0 Å². The van der Waals surface area contributed by atoms with Crippen molar-refractivity contribution >= 4 is 5.69 Å². The van der Waals surface area contributed by atoms with Crippen molar-refractivity contribution in [2.24, 2.45) is 11.3 Å². The summed E-state index contributed by atoms with van der Waals surface area (Å²) in [5, 5.41) is 8.76. The van der Waals surface area contributed by atoms with Crippen LogP contribution in [0.15, 0.2) is 12.1 Å². The first kappa shape index (κ1) is 15.8. The Hall–Kier alpha value is -1.63. The SMILES string of the molecule is CC(C)(C)C1CCCN(c2c(F)cc(C#N)cc2F)CC1. The molecule has 1 aliphatic heterocycles. The molecular weight excluding hydrogens is 270 g/mol. The van der Waals surface area contributed by atoms with Gasteiger partial charge in [-0.1, -0.05) is 20.8 Å². The fraction of sp³-hybridized carbons (Fsp3) is 0.588. The van der Waals surface area contributed by atoms with Gasteiger partial charge >= 0.3 is 0 Å². The molecule has 0 radical (unpaired) electrons. The van der Waals surface area contributed by atoms with Crippen LogP contribution >= 0.6 is 0 Å². The molecule has 0 N–H and O–H groups in total. The number of rotatable bonds is 1. The van der Waals surface area contributed by atoms with E-state index in [2.05, 4.69) is 20.8 Å². The zero-order chi connectivity index (χ0) is 15.6. The molecule has 1 fully saturated rings. The molecule has 114 valence electrons. The zero-order valence-electron chi connectivity index (χ0n) is 12.9. The third-order valence-electron chi connectivity index (χ3n) is 4.42. The van der Waals surface area contributed by atoms with Crippen molar-refractivity contribution in [1.29, 1.82) is 5.26 Å². The molecule has 1 heterocycles. The number of nitriles is 1. The summed E-state index contributed by atoms with van der Waals surface area (Å²) in [6, 6.07) is 4.01. The normalized spacial score (nSPS) is 20.0. The van der Waals surface area contributed by atoms with Gasteiger partial charge in [-0.15, -0.1) is 0 Å². The Bertz CT molecular complexity index is 532. The monoisotopic (exact) mass is 292 g/mol. The molecule has 0 aliphatic carbocycles. The van der Waals surface area contributed by atoms with E-state index in [1.165, 1.54) is 0 Å². The van der Waals surface area contributed by atoms with Crippen LogP contribution in [0, 0.1) is 34.3 Å². The van der Waals surface area contributed by atoms with Gasteiger partial charge in [-0.05, 0) is 42.7 Å². The van der Waals surface area contributed by atoms with Gasteiger partial charge in [-0.2, -0.15) is 5.26 Å². The minimum atomic E-state index is -0.638. The lowest BCUT2D eigenvalue weighted by atomic mass is 9.77. The molecule has 1 aromatic carbocycles. The number of benzene rings is 1. The molecule has 1 aromatic rings. The summed E-state index contributed by atoms with van der Waals surface area (Å²) in [6.07, 6.45) is 2.95. The van der Waals surface area contributed by atoms with E-state index in [0.29, 0.717) is 19.0 Å². The molecule has 2 nitrogen and oxygen atoms in total. The molecule has 0 spiro atoms. The molecule has 2 rings (SSSR count). The number of nitrogens with zero attached hydrogens (tertiary/aromatic N) is 2. The highest BCUT2D eigenvalue weighted by Gasteiger charge is 2.28. The van der Waals surface area contributed by atoms with Gasteiger partial charge in [-0.3, -0.25) is 0 Å². The van der Waals surface area contributed by atoms with Crippen molar-refractivity contribution in [2.75, 3.05) is 18.0 Å². The summed E-state index contributed by atoms with van der Waals surface area (Å²) in [4.78, 5) is 1.79. The molecule has 0 bridgehead atoms. The van der Waals surface area contributed by atoms with Gasteiger partial charge in [0.15, 0.2) is 11.6 Å². The molecule has 1 unspecified atom stereocenters. The van der Waals surface area contributed by atoms with E-state index in [4.69, 9.17) is 5.26 Å². The predicted molar refractivity (Wildman–Crippen MR) is 80.1 cm³/mol. The lowest BCUT2D eigenvalue weighted by Crippen LogP contribution is -2.27. The Morgan fingerprint density at radius 1 is 1.14 bits per heavy atom. The Kier molecular flexibility index (Phi) is 4.51. The van der Waals surface area contributed by atoms with Crippen LogP contribution in [-0.2, 0) is 0 Å². The molecule has 0 aromatic heterocycles. The molecule has 1 saturated heterocycles. The first-order chi connectivity index (χ1) is 9.82. The highest BCUT2D eigenvalue weighted by molar-refractivity contribution is 5.52. The molecule has 21 heavy (non-hydrogen) atoms. The second kappa shape index (κ2) is 6.01. The van der Waals surface area contributed by atoms with Crippen LogP contribution in [-0.4, -0.2) is 13.1 Å². The van der Waals surface area contributed by atoms with Crippen molar-refractivity contribution < 1.29 is 8.78 Å². The van der Waals surface area contributed by atoms with E-state index >= 15 is 0 Å². The summed E-state index contributed by atoms with van der Waals surface area (Å²) in [5.74, 6) is -0.714. The van der Waals surface area contributed by atoms with Crippen LogP contribution in [0.5, 0.6) is 0 Å². The quantitative estimate of drug-likeness (QED) is 0.762. The Morgan fingerprint density at radius 2 is 1.76 bits per heavy atom. The smallest absolute Gasteiger partial charge is 0.150 e. The van der Waals surface area contributed by atoms with E-state index in [0.717, 1.165) is 31.4 Å². The maximum absolute atomic E-state index is 14.1. The highest BCUT2D eigenvalue weighted by atomic mass is 19.1. The average molecular weight is 292 g/mol. The Labute approximate surface area is 125 Å². The van der Waals surface area contributed by atoms with Crippen LogP contribution in [0.3, 0.4) is 0 Å². The van der Waals surface area contributed by atoms with Gasteiger partial charge in [0.1, 0.15) is 5.69 Å². The van der Waals surface area contributed by atoms with Crippen molar-refractivity contribution in [3.8, 4) is 6.07 Å². The molecule has 1 atom stereocenters. The van der Waals surface area contributed by atoms with Gasteiger partial charge in [0, 0.05) is 13.1 Å². The van der Waals surface area contributed by atoms with Gasteiger partial charge in [-0.25, -0.2) is 8.78 Å². The van der Waals surface area contributed by atoms with Gasteiger partial charge in [0.2, 0.25) is 0 Å². The maximum Gasteiger partial charge on any atom is 0.150 e. The zero-order valence-corrected chi connectivity index (χ0v) is 12.9. The summed E-state index contributed by atoms with van der Waals surface area (Å²) in [6.45, 7) is 7.97. The maximum atomic E-state index is 14.1. The van der Waals surface area contributed by atoms with E-state index < -0.39 is 11.6 Å². The van der Waals surface area contributed by atoms with Crippen LogP contribution in [0.2, 0.25) is 0 Å². The van der Waals surface area contributed by atoms with Crippen molar-refractivity contribution in [1.82, 2.24) is 0 Å². The topological polar surface area (TPSA) is 27.0 Å². The van der Waals surface area contributed by atoms with Crippen molar-refractivity contribution in [3.05, 3.63) is 29.3 Å². The summed E-state index contributed by atoms with van der Waals surface area (Å²) in [7, 11) is 0. The fourth-order valence-electron chi connectivity index (χ4n) is 3.12. The third kappa shape index (κ3) is 3.53. The number of hydrogen-bond donors (Lipinski definition) is 0.